The highest BCUT2D eigenvalue weighted by Crippen LogP contribution is 2.38. The van der Waals surface area contributed by atoms with Crippen LogP contribution in [0.15, 0.2) is 66.7 Å². The van der Waals surface area contributed by atoms with Gasteiger partial charge in [0.1, 0.15) is 36.6 Å². The first-order valence-electron chi connectivity index (χ1n) is 10.0. The summed E-state index contributed by atoms with van der Waals surface area (Å²) in [7, 11) is 1.68. The Morgan fingerprint density at radius 2 is 1.14 bits per heavy atom. The molecule has 0 amide bonds. The van der Waals surface area contributed by atoms with Gasteiger partial charge in [-0.3, -0.25) is 0 Å². The van der Waals surface area contributed by atoms with Gasteiger partial charge in [0.15, 0.2) is 17.5 Å². The zero-order chi connectivity index (χ0) is 25.5. The van der Waals surface area contributed by atoms with Crippen LogP contribution in [0.3, 0.4) is 0 Å². The molecule has 0 spiro atoms. The Morgan fingerprint density at radius 3 is 1.71 bits per heavy atom. The molecule has 0 radical (unpaired) electrons. The Kier molecular flexibility index (Phi) is 6.31. The molecular weight excluding hydrogens is 479 g/mol. The molecule has 0 N–H and O–H groups in total. The quantitative estimate of drug-likeness (QED) is 0.182. The summed E-state index contributed by atoms with van der Waals surface area (Å²) < 4.78 is 118. The van der Waals surface area contributed by atoms with Crippen molar-refractivity contribution in [3.63, 3.8) is 0 Å². The van der Waals surface area contributed by atoms with Crippen molar-refractivity contribution < 1.29 is 39.9 Å². The van der Waals surface area contributed by atoms with Crippen LogP contribution in [0.2, 0.25) is 0 Å². The van der Waals surface area contributed by atoms with E-state index in [9.17, 15) is 35.1 Å². The van der Waals surface area contributed by atoms with Crippen molar-refractivity contribution in [2.24, 2.45) is 0 Å². The van der Waals surface area contributed by atoms with Gasteiger partial charge in [-0.15, -0.1) is 0 Å². The minimum absolute atomic E-state index is 0.0341. The smallest absolute Gasteiger partial charge is 0.429 e. The molecule has 178 valence electrons. The Hall–Kier alpha value is -3.82. The van der Waals surface area contributed by atoms with Gasteiger partial charge in [0.25, 0.3) is 0 Å². The van der Waals surface area contributed by atoms with E-state index in [0.29, 0.717) is 29.2 Å². The highest BCUT2D eigenvalue weighted by Gasteiger charge is 2.41. The molecule has 1 nitrogen and oxygen atoms in total. The fourth-order valence-electron chi connectivity index (χ4n) is 3.61. The maximum Gasteiger partial charge on any atom is 0.432 e. The second-order valence-electron chi connectivity index (χ2n) is 7.64. The van der Waals surface area contributed by atoms with E-state index in [1.807, 2.05) is 0 Å². The van der Waals surface area contributed by atoms with Crippen LogP contribution in [-0.2, 0) is 6.11 Å². The molecule has 0 bridgehead atoms. The normalized spacial score (nSPS) is 11.5. The van der Waals surface area contributed by atoms with E-state index in [2.05, 4.69) is 4.74 Å². The zero-order valence-corrected chi connectivity index (χ0v) is 17.8. The van der Waals surface area contributed by atoms with Gasteiger partial charge in [-0.2, -0.15) is 8.78 Å². The molecule has 0 aliphatic heterocycles. The molecule has 0 aromatic heterocycles. The lowest BCUT2D eigenvalue weighted by Crippen LogP contribution is -2.25. The number of alkyl halides is 2. The van der Waals surface area contributed by atoms with Gasteiger partial charge < -0.3 is 4.74 Å². The first-order valence-corrected chi connectivity index (χ1v) is 10.0. The Bertz CT molecular complexity index is 1390. The van der Waals surface area contributed by atoms with Crippen LogP contribution in [0, 0.1) is 34.9 Å². The van der Waals surface area contributed by atoms with E-state index in [4.69, 9.17) is 0 Å². The molecule has 10 heteroatoms. The van der Waals surface area contributed by atoms with Crippen molar-refractivity contribution in [2.75, 3.05) is 0 Å². The van der Waals surface area contributed by atoms with E-state index < -0.39 is 63.5 Å². The minimum atomic E-state index is -4.54. The van der Waals surface area contributed by atoms with Gasteiger partial charge in [-0.25, -0.2) is 26.3 Å². The largest absolute Gasteiger partial charge is 0.432 e. The third-order valence-electron chi connectivity index (χ3n) is 5.27. The van der Waals surface area contributed by atoms with Gasteiger partial charge in [0.2, 0.25) is 0 Å². The molecule has 0 atom stereocenters. The highest BCUT2D eigenvalue weighted by molar-refractivity contribution is 6.35. The fraction of sp³-hybridized carbons (Fsp3) is 0.0400. The molecule has 4 aromatic rings. The first kappa shape index (κ1) is 24.3. The molecule has 4 aromatic carbocycles. The molecule has 0 aliphatic carbocycles. The predicted octanol–water partition coefficient (Wildman–Crippen LogP) is 6.24. The van der Waals surface area contributed by atoms with E-state index in [1.54, 1.807) is 32.1 Å². The van der Waals surface area contributed by atoms with E-state index in [-0.39, 0.29) is 5.56 Å². The van der Waals surface area contributed by atoms with Crippen molar-refractivity contribution in [1.29, 1.82) is 0 Å². The number of hydrogen-bond acceptors (Lipinski definition) is 1. The van der Waals surface area contributed by atoms with Crippen LogP contribution in [-0.4, -0.2) is 7.85 Å². The number of rotatable bonds is 5. The maximum absolute atomic E-state index is 14.7. The summed E-state index contributed by atoms with van der Waals surface area (Å²) in [6, 6.07) is 11.2. The zero-order valence-electron chi connectivity index (χ0n) is 17.8. The first-order chi connectivity index (χ1) is 16.5. The second-order valence-corrected chi connectivity index (χ2v) is 7.64. The molecule has 0 unspecified atom stereocenters. The van der Waals surface area contributed by atoms with Crippen LogP contribution in [0.5, 0.6) is 5.75 Å². The Morgan fingerprint density at radius 1 is 0.600 bits per heavy atom. The molecule has 35 heavy (non-hydrogen) atoms. The summed E-state index contributed by atoms with van der Waals surface area (Å²) in [6.07, 6.45) is -4.54. The molecular formula is C25H13BF8O. The predicted molar refractivity (Wildman–Crippen MR) is 116 cm³/mol. The lowest BCUT2D eigenvalue weighted by atomic mass is 9.87. The number of halogens is 8. The molecule has 0 aliphatic rings. The number of benzene rings is 4. The molecule has 0 fully saturated rings. The maximum atomic E-state index is 14.7. The Labute approximate surface area is 195 Å². The standard InChI is InChI=1S/C25H13BF8O/c26-17-4-2-1-3-15(17)12-7-19(28)23(20(29)8-12)25(33,34)35-14-5-6-16(18(27)11-14)13-9-21(30)24(32)22(31)10-13/h1-11H,26H2. The van der Waals surface area contributed by atoms with E-state index >= 15 is 0 Å². The molecule has 0 saturated carbocycles. The average Bonchev–Trinajstić information content (AvgIpc) is 2.76. The van der Waals surface area contributed by atoms with Crippen molar-refractivity contribution in [3.05, 3.63) is 107 Å². The second kappa shape index (κ2) is 9.09. The van der Waals surface area contributed by atoms with Gasteiger partial charge in [-0.1, -0.05) is 29.7 Å². The number of ether oxygens (including phenoxy) is 1. The summed E-state index contributed by atoms with van der Waals surface area (Å²) in [5.74, 6) is -10.1. The third-order valence-corrected chi connectivity index (χ3v) is 5.27. The summed E-state index contributed by atoms with van der Waals surface area (Å²) in [5, 5.41) is 0. The van der Waals surface area contributed by atoms with Crippen molar-refractivity contribution in [2.45, 2.75) is 6.11 Å². The Balaban J connectivity index is 1.65. The van der Waals surface area contributed by atoms with Gasteiger partial charge >= 0.3 is 6.11 Å². The van der Waals surface area contributed by atoms with Crippen LogP contribution in [0.25, 0.3) is 22.3 Å². The SMILES string of the molecule is Bc1ccccc1-c1cc(F)c(C(F)(F)Oc2ccc(-c3cc(F)c(F)c(F)c3)c(F)c2)c(F)c1. The average molecular weight is 492 g/mol. The van der Waals surface area contributed by atoms with Gasteiger partial charge in [0.05, 0.1) is 0 Å². The lowest BCUT2D eigenvalue weighted by Gasteiger charge is -2.20. The monoisotopic (exact) mass is 492 g/mol. The van der Waals surface area contributed by atoms with Crippen LogP contribution in [0.1, 0.15) is 5.56 Å². The van der Waals surface area contributed by atoms with E-state index in [0.717, 1.165) is 24.3 Å². The summed E-state index contributed by atoms with van der Waals surface area (Å²) >= 11 is 0. The van der Waals surface area contributed by atoms with Gasteiger partial charge in [0, 0.05) is 11.6 Å². The third kappa shape index (κ3) is 4.73. The molecule has 4 rings (SSSR count). The highest BCUT2D eigenvalue weighted by atomic mass is 19.3. The van der Waals surface area contributed by atoms with E-state index in [1.165, 1.54) is 0 Å². The summed E-state index contributed by atoms with van der Waals surface area (Å²) in [4.78, 5) is 0. The minimum Gasteiger partial charge on any atom is -0.429 e. The van der Waals surface area contributed by atoms with Crippen LogP contribution >= 0.6 is 0 Å². The van der Waals surface area contributed by atoms with Crippen molar-refractivity contribution >= 4 is 13.3 Å². The summed E-state index contributed by atoms with van der Waals surface area (Å²) in [6.45, 7) is 0. The fourth-order valence-corrected chi connectivity index (χ4v) is 3.61. The van der Waals surface area contributed by atoms with Crippen LogP contribution in [0.4, 0.5) is 35.1 Å². The summed E-state index contributed by atoms with van der Waals surface area (Å²) in [5.41, 5.74) is -1.39. The lowest BCUT2D eigenvalue weighted by molar-refractivity contribution is -0.189. The van der Waals surface area contributed by atoms with Crippen LogP contribution < -0.4 is 10.2 Å². The topological polar surface area (TPSA) is 9.23 Å². The number of hydrogen-bond donors (Lipinski definition) is 0. The molecule has 0 saturated heterocycles. The van der Waals surface area contributed by atoms with Gasteiger partial charge in [-0.05, 0) is 53.1 Å². The van der Waals surface area contributed by atoms with Crippen molar-refractivity contribution in [1.82, 2.24) is 0 Å². The van der Waals surface area contributed by atoms with Crippen molar-refractivity contribution in [3.8, 4) is 28.0 Å². The molecule has 0 heterocycles.